The van der Waals surface area contributed by atoms with Crippen molar-refractivity contribution in [3.8, 4) is 0 Å². The molecule has 1 aliphatic heterocycles. The molecule has 0 spiro atoms. The van der Waals surface area contributed by atoms with E-state index in [9.17, 15) is 4.79 Å². The molecule has 1 fully saturated rings. The molecule has 0 unspecified atom stereocenters. The van der Waals surface area contributed by atoms with Gasteiger partial charge in [0.15, 0.2) is 0 Å². The molecule has 6 heteroatoms. The summed E-state index contributed by atoms with van der Waals surface area (Å²) in [6.07, 6.45) is 3.77. The lowest BCUT2D eigenvalue weighted by molar-refractivity contribution is 0.122. The number of ether oxygens (including phenoxy) is 1. The van der Waals surface area contributed by atoms with Crippen molar-refractivity contribution in [2.45, 2.75) is 25.4 Å². The summed E-state index contributed by atoms with van der Waals surface area (Å²) < 4.78 is 5.41. The van der Waals surface area contributed by atoms with Crippen LogP contribution in [-0.4, -0.2) is 37.3 Å². The highest BCUT2D eigenvalue weighted by Crippen LogP contribution is 2.30. The number of rotatable bonds is 4. The van der Waals surface area contributed by atoms with E-state index in [2.05, 4.69) is 38.7 Å². The number of aromatic nitrogens is 1. The van der Waals surface area contributed by atoms with Gasteiger partial charge in [-0.2, -0.15) is 0 Å². The third kappa shape index (κ3) is 3.65. The first-order valence-corrected chi connectivity index (χ1v) is 9.20. The summed E-state index contributed by atoms with van der Waals surface area (Å²) in [4.78, 5) is 19.1. The molecule has 1 aromatic carbocycles. The first-order chi connectivity index (χ1) is 12.8. The first kappa shape index (κ1) is 16.8. The molecule has 1 atom stereocenters. The van der Waals surface area contributed by atoms with Crippen molar-refractivity contribution in [3.05, 3.63) is 59.3 Å². The second-order valence-electron chi connectivity index (χ2n) is 6.70. The summed E-state index contributed by atoms with van der Waals surface area (Å²) in [6.45, 7) is 3.54. The first-order valence-electron chi connectivity index (χ1n) is 9.20. The minimum absolute atomic E-state index is 0.0961. The minimum atomic E-state index is -0.136. The number of hydrogen-bond acceptors (Lipinski definition) is 4. The van der Waals surface area contributed by atoms with Crippen molar-refractivity contribution in [2.24, 2.45) is 0 Å². The molecule has 2 aliphatic rings. The van der Waals surface area contributed by atoms with Gasteiger partial charge in [0, 0.05) is 31.4 Å². The number of nitrogens with one attached hydrogen (secondary N) is 2. The normalized spacial score (nSPS) is 19.1. The van der Waals surface area contributed by atoms with Crippen molar-refractivity contribution in [3.63, 3.8) is 0 Å². The average molecular weight is 352 g/mol. The third-order valence-electron chi connectivity index (χ3n) is 5.06. The zero-order valence-corrected chi connectivity index (χ0v) is 14.8. The molecule has 0 saturated carbocycles. The van der Waals surface area contributed by atoms with Gasteiger partial charge >= 0.3 is 6.03 Å². The molecule has 0 radical (unpaired) electrons. The maximum Gasteiger partial charge on any atom is 0.315 e. The van der Waals surface area contributed by atoms with Gasteiger partial charge in [-0.1, -0.05) is 30.3 Å². The van der Waals surface area contributed by atoms with E-state index < -0.39 is 0 Å². The quantitative estimate of drug-likeness (QED) is 0.887. The number of carbonyl (C=O) groups excluding carboxylic acids is 1. The molecule has 2 aromatic rings. The van der Waals surface area contributed by atoms with Gasteiger partial charge in [-0.05, 0) is 30.0 Å². The predicted molar refractivity (Wildman–Crippen MR) is 100 cm³/mol. The average Bonchev–Trinajstić information content (AvgIpc) is 3.10. The van der Waals surface area contributed by atoms with Crippen LogP contribution in [0.2, 0.25) is 0 Å². The molecule has 0 bridgehead atoms. The Morgan fingerprint density at radius 2 is 2.04 bits per heavy atom. The Bertz CT molecular complexity index is 774. The minimum Gasteiger partial charge on any atom is -0.378 e. The van der Waals surface area contributed by atoms with Crippen molar-refractivity contribution < 1.29 is 9.53 Å². The monoisotopic (exact) mass is 352 g/mol. The Morgan fingerprint density at radius 1 is 1.19 bits per heavy atom. The SMILES string of the molecule is O=C(NCc1cccnc1N1CCOCC1)N[C@@H]1CCc2ccccc21. The Morgan fingerprint density at radius 3 is 2.92 bits per heavy atom. The van der Waals surface area contributed by atoms with Crippen LogP contribution in [0.15, 0.2) is 42.6 Å². The number of pyridine rings is 1. The fourth-order valence-corrected chi connectivity index (χ4v) is 3.72. The van der Waals surface area contributed by atoms with Gasteiger partial charge in [0.05, 0.1) is 19.3 Å². The number of urea groups is 1. The van der Waals surface area contributed by atoms with Gasteiger partial charge < -0.3 is 20.3 Å². The highest BCUT2D eigenvalue weighted by molar-refractivity contribution is 5.75. The topological polar surface area (TPSA) is 66.5 Å². The summed E-state index contributed by atoms with van der Waals surface area (Å²) in [5.41, 5.74) is 3.59. The molecule has 2 N–H and O–H groups in total. The smallest absolute Gasteiger partial charge is 0.315 e. The van der Waals surface area contributed by atoms with Gasteiger partial charge in [-0.15, -0.1) is 0 Å². The molecular weight excluding hydrogens is 328 g/mol. The summed E-state index contributed by atoms with van der Waals surface area (Å²) in [5, 5.41) is 6.09. The van der Waals surface area contributed by atoms with Crippen LogP contribution >= 0.6 is 0 Å². The largest absolute Gasteiger partial charge is 0.378 e. The van der Waals surface area contributed by atoms with E-state index in [1.54, 1.807) is 6.20 Å². The standard InChI is InChI=1S/C20H24N4O2/c25-20(23-18-8-7-15-4-1-2-6-17(15)18)22-14-16-5-3-9-21-19(16)24-10-12-26-13-11-24/h1-6,9,18H,7-8,10-14H2,(H2,22,23,25)/t18-/m1/s1. The second-order valence-corrected chi connectivity index (χ2v) is 6.70. The number of anilines is 1. The van der Waals surface area contributed by atoms with Crippen LogP contribution < -0.4 is 15.5 Å². The maximum absolute atomic E-state index is 12.4. The Kier molecular flexibility index (Phi) is 5.02. The molecule has 4 rings (SSSR count). The van der Waals surface area contributed by atoms with Crippen molar-refractivity contribution in [1.29, 1.82) is 0 Å². The maximum atomic E-state index is 12.4. The van der Waals surface area contributed by atoms with Crippen LogP contribution in [0.4, 0.5) is 10.6 Å². The summed E-state index contributed by atoms with van der Waals surface area (Å²) >= 11 is 0. The molecule has 6 nitrogen and oxygen atoms in total. The lowest BCUT2D eigenvalue weighted by Gasteiger charge is -2.29. The summed E-state index contributed by atoms with van der Waals surface area (Å²) in [5.74, 6) is 0.933. The van der Waals surface area contributed by atoms with E-state index in [1.165, 1.54) is 11.1 Å². The molecular formula is C20H24N4O2. The van der Waals surface area contributed by atoms with Crippen LogP contribution in [0.1, 0.15) is 29.2 Å². The number of aryl methyl sites for hydroxylation is 1. The van der Waals surface area contributed by atoms with Crippen molar-refractivity contribution in [2.75, 3.05) is 31.2 Å². The Labute approximate surface area is 153 Å². The molecule has 26 heavy (non-hydrogen) atoms. The van der Waals surface area contributed by atoms with E-state index in [1.807, 2.05) is 18.2 Å². The lowest BCUT2D eigenvalue weighted by atomic mass is 10.1. The van der Waals surface area contributed by atoms with E-state index in [0.29, 0.717) is 19.8 Å². The zero-order valence-electron chi connectivity index (χ0n) is 14.8. The number of morpholine rings is 1. The van der Waals surface area contributed by atoms with Gasteiger partial charge in [-0.25, -0.2) is 9.78 Å². The lowest BCUT2D eigenvalue weighted by Crippen LogP contribution is -2.39. The number of fused-ring (bicyclic) bond motifs is 1. The van der Waals surface area contributed by atoms with Crippen LogP contribution in [-0.2, 0) is 17.7 Å². The highest BCUT2D eigenvalue weighted by Gasteiger charge is 2.23. The van der Waals surface area contributed by atoms with Crippen molar-refractivity contribution >= 4 is 11.8 Å². The van der Waals surface area contributed by atoms with Crippen LogP contribution in [0, 0.1) is 0 Å². The number of benzene rings is 1. The van der Waals surface area contributed by atoms with Gasteiger partial charge in [0.2, 0.25) is 0 Å². The number of hydrogen-bond donors (Lipinski definition) is 2. The van der Waals surface area contributed by atoms with E-state index >= 15 is 0 Å². The molecule has 2 heterocycles. The summed E-state index contributed by atoms with van der Waals surface area (Å²) in [7, 11) is 0. The van der Waals surface area contributed by atoms with E-state index in [0.717, 1.165) is 37.3 Å². The molecule has 1 aliphatic carbocycles. The summed E-state index contributed by atoms with van der Waals surface area (Å²) in [6, 6.07) is 12.2. The molecule has 136 valence electrons. The predicted octanol–water partition coefficient (Wildman–Crippen LogP) is 2.40. The number of carbonyl (C=O) groups is 1. The Hall–Kier alpha value is -2.60. The number of nitrogens with zero attached hydrogens (tertiary/aromatic N) is 2. The molecule has 2 amide bonds. The highest BCUT2D eigenvalue weighted by atomic mass is 16.5. The van der Waals surface area contributed by atoms with Gasteiger partial charge in [0.25, 0.3) is 0 Å². The second kappa shape index (κ2) is 7.74. The third-order valence-corrected chi connectivity index (χ3v) is 5.06. The Balaban J connectivity index is 1.37. The molecule has 1 aromatic heterocycles. The van der Waals surface area contributed by atoms with Crippen LogP contribution in [0.3, 0.4) is 0 Å². The van der Waals surface area contributed by atoms with Crippen molar-refractivity contribution in [1.82, 2.24) is 15.6 Å². The van der Waals surface area contributed by atoms with Gasteiger partial charge in [-0.3, -0.25) is 0 Å². The molecule has 1 saturated heterocycles. The van der Waals surface area contributed by atoms with E-state index in [-0.39, 0.29) is 12.1 Å². The fraction of sp³-hybridized carbons (Fsp3) is 0.400. The van der Waals surface area contributed by atoms with Crippen LogP contribution in [0.25, 0.3) is 0 Å². The van der Waals surface area contributed by atoms with Crippen LogP contribution in [0.5, 0.6) is 0 Å². The van der Waals surface area contributed by atoms with E-state index in [4.69, 9.17) is 4.74 Å². The van der Waals surface area contributed by atoms with Gasteiger partial charge in [0.1, 0.15) is 5.82 Å². The fourth-order valence-electron chi connectivity index (χ4n) is 3.72. The zero-order chi connectivity index (χ0) is 17.8. The number of amides is 2.